The van der Waals surface area contributed by atoms with Crippen LogP contribution in [0.3, 0.4) is 0 Å². The predicted octanol–water partition coefficient (Wildman–Crippen LogP) is 1.87. The number of morpholine rings is 1. The van der Waals surface area contributed by atoms with Crippen LogP contribution in [0.25, 0.3) is 0 Å². The van der Waals surface area contributed by atoms with Gasteiger partial charge in [-0.1, -0.05) is 18.2 Å². The Hall–Kier alpha value is -0.950. The van der Waals surface area contributed by atoms with E-state index in [1.807, 2.05) is 6.07 Å². The summed E-state index contributed by atoms with van der Waals surface area (Å²) in [5.41, 5.74) is 6.33. The zero-order valence-corrected chi connectivity index (χ0v) is 11.8. The van der Waals surface area contributed by atoms with Gasteiger partial charge in [-0.3, -0.25) is 4.90 Å². The van der Waals surface area contributed by atoms with Crippen LogP contribution >= 0.6 is 12.4 Å². The van der Waals surface area contributed by atoms with E-state index in [0.717, 1.165) is 12.1 Å². The average Bonchev–Trinajstić information content (AvgIpc) is 2.41. The topological polar surface area (TPSA) is 47.7 Å². The fraction of sp³-hybridized carbons (Fsp3) is 0.538. The molecular formula is C13H19ClF2N2O2. The van der Waals surface area contributed by atoms with E-state index >= 15 is 0 Å². The highest BCUT2D eigenvalue weighted by Gasteiger charge is 2.20. The second-order valence-corrected chi connectivity index (χ2v) is 4.45. The minimum atomic E-state index is -2.80. The highest BCUT2D eigenvalue weighted by molar-refractivity contribution is 5.85. The van der Waals surface area contributed by atoms with Crippen LogP contribution in [0, 0.1) is 0 Å². The van der Waals surface area contributed by atoms with Crippen molar-refractivity contribution in [3.8, 4) is 5.75 Å². The largest absolute Gasteiger partial charge is 0.434 e. The zero-order chi connectivity index (χ0) is 13.7. The van der Waals surface area contributed by atoms with Crippen LogP contribution in [0.4, 0.5) is 8.78 Å². The van der Waals surface area contributed by atoms with Gasteiger partial charge in [-0.05, 0) is 6.07 Å². The van der Waals surface area contributed by atoms with Crippen molar-refractivity contribution in [1.29, 1.82) is 0 Å². The third-order valence-corrected chi connectivity index (χ3v) is 3.07. The van der Waals surface area contributed by atoms with Crippen molar-refractivity contribution < 1.29 is 18.3 Å². The smallest absolute Gasteiger partial charge is 0.387 e. The zero-order valence-electron chi connectivity index (χ0n) is 11.0. The Morgan fingerprint density at radius 3 is 2.85 bits per heavy atom. The van der Waals surface area contributed by atoms with E-state index in [1.165, 1.54) is 0 Å². The highest BCUT2D eigenvalue weighted by Crippen LogP contribution is 2.22. The van der Waals surface area contributed by atoms with Gasteiger partial charge >= 0.3 is 6.61 Å². The number of hydrogen-bond acceptors (Lipinski definition) is 4. The molecule has 1 unspecified atom stereocenters. The average molecular weight is 309 g/mol. The normalized spacial score (nSPS) is 19.7. The van der Waals surface area contributed by atoms with Gasteiger partial charge in [0.15, 0.2) is 0 Å². The maximum absolute atomic E-state index is 12.3. The van der Waals surface area contributed by atoms with Gasteiger partial charge in [-0.15, -0.1) is 12.4 Å². The van der Waals surface area contributed by atoms with Gasteiger partial charge in [0.2, 0.25) is 0 Å². The summed E-state index contributed by atoms with van der Waals surface area (Å²) >= 11 is 0. The Balaban J connectivity index is 0.00000200. The van der Waals surface area contributed by atoms with Crippen LogP contribution in [-0.2, 0) is 11.3 Å². The van der Waals surface area contributed by atoms with E-state index in [-0.39, 0.29) is 24.3 Å². The number of halogens is 3. The fourth-order valence-corrected chi connectivity index (χ4v) is 2.15. The number of nitrogens with zero attached hydrogens (tertiary/aromatic N) is 1. The van der Waals surface area contributed by atoms with Gasteiger partial charge in [0.1, 0.15) is 5.75 Å². The van der Waals surface area contributed by atoms with Crippen LogP contribution in [0.5, 0.6) is 5.75 Å². The molecule has 1 aliphatic heterocycles. The molecule has 2 rings (SSSR count). The minimum absolute atomic E-state index is 0. The summed E-state index contributed by atoms with van der Waals surface area (Å²) in [5, 5.41) is 0. The third-order valence-electron chi connectivity index (χ3n) is 3.07. The Kier molecular flexibility index (Phi) is 7.15. The number of nitrogens with two attached hydrogens (primary N) is 1. The van der Waals surface area contributed by atoms with E-state index in [0.29, 0.717) is 26.2 Å². The van der Waals surface area contributed by atoms with Crippen molar-refractivity contribution in [2.45, 2.75) is 19.3 Å². The first-order chi connectivity index (χ1) is 9.19. The van der Waals surface area contributed by atoms with Crippen molar-refractivity contribution >= 4 is 12.4 Å². The molecule has 0 amide bonds. The van der Waals surface area contributed by atoms with Crippen molar-refractivity contribution in [1.82, 2.24) is 4.90 Å². The van der Waals surface area contributed by atoms with Crippen LogP contribution < -0.4 is 10.5 Å². The van der Waals surface area contributed by atoms with E-state index in [4.69, 9.17) is 10.5 Å². The van der Waals surface area contributed by atoms with E-state index in [2.05, 4.69) is 9.64 Å². The maximum Gasteiger partial charge on any atom is 0.387 e. The Morgan fingerprint density at radius 2 is 2.15 bits per heavy atom. The van der Waals surface area contributed by atoms with E-state index < -0.39 is 6.61 Å². The minimum Gasteiger partial charge on any atom is -0.434 e. The molecule has 1 aliphatic rings. The molecule has 0 aliphatic carbocycles. The van der Waals surface area contributed by atoms with E-state index in [1.54, 1.807) is 18.2 Å². The molecule has 1 aromatic rings. The van der Waals surface area contributed by atoms with Crippen molar-refractivity contribution in [2.24, 2.45) is 5.73 Å². The molecule has 114 valence electrons. The SMILES string of the molecule is Cl.NCC1CN(Cc2ccccc2OC(F)F)CCO1. The highest BCUT2D eigenvalue weighted by atomic mass is 35.5. The lowest BCUT2D eigenvalue weighted by atomic mass is 10.1. The number of benzene rings is 1. The number of alkyl halides is 2. The Labute approximate surface area is 123 Å². The van der Waals surface area contributed by atoms with Crippen LogP contribution in [0.1, 0.15) is 5.56 Å². The van der Waals surface area contributed by atoms with Gasteiger partial charge in [0.25, 0.3) is 0 Å². The number of hydrogen-bond donors (Lipinski definition) is 1. The number of ether oxygens (including phenoxy) is 2. The maximum atomic E-state index is 12.3. The summed E-state index contributed by atoms with van der Waals surface area (Å²) in [4.78, 5) is 2.13. The summed E-state index contributed by atoms with van der Waals surface area (Å²) in [5.74, 6) is 0.230. The van der Waals surface area contributed by atoms with Crippen molar-refractivity contribution in [2.75, 3.05) is 26.2 Å². The molecule has 1 heterocycles. The van der Waals surface area contributed by atoms with Gasteiger partial charge in [-0.25, -0.2) is 0 Å². The number of rotatable bonds is 5. The van der Waals surface area contributed by atoms with Crippen LogP contribution in [-0.4, -0.2) is 43.9 Å². The summed E-state index contributed by atoms with van der Waals surface area (Å²) in [6.07, 6.45) is 0.0110. The quantitative estimate of drug-likeness (QED) is 0.902. The van der Waals surface area contributed by atoms with Crippen molar-refractivity contribution in [3.63, 3.8) is 0 Å². The molecule has 0 spiro atoms. The first-order valence-electron chi connectivity index (χ1n) is 6.25. The fourth-order valence-electron chi connectivity index (χ4n) is 2.15. The van der Waals surface area contributed by atoms with Crippen molar-refractivity contribution in [3.05, 3.63) is 29.8 Å². The summed E-state index contributed by atoms with van der Waals surface area (Å²) in [6, 6.07) is 6.85. The molecule has 2 N–H and O–H groups in total. The predicted molar refractivity (Wildman–Crippen MR) is 74.4 cm³/mol. The molecular weight excluding hydrogens is 290 g/mol. The Bertz CT molecular complexity index is 410. The lowest BCUT2D eigenvalue weighted by Gasteiger charge is -2.32. The molecule has 1 atom stereocenters. The third kappa shape index (κ3) is 4.86. The molecule has 0 saturated carbocycles. The molecule has 4 nitrogen and oxygen atoms in total. The number of para-hydroxylation sites is 1. The summed E-state index contributed by atoms with van der Waals surface area (Å²) in [7, 11) is 0. The van der Waals surface area contributed by atoms with Gasteiger partial charge in [-0.2, -0.15) is 8.78 Å². The van der Waals surface area contributed by atoms with Crippen LogP contribution in [0.2, 0.25) is 0 Å². The van der Waals surface area contributed by atoms with Gasteiger partial charge in [0, 0.05) is 31.7 Å². The monoisotopic (exact) mass is 308 g/mol. The molecule has 1 fully saturated rings. The molecule has 7 heteroatoms. The summed E-state index contributed by atoms with van der Waals surface area (Å²) in [6.45, 7) is 0.301. The van der Waals surface area contributed by atoms with Gasteiger partial charge in [0.05, 0.1) is 12.7 Å². The summed E-state index contributed by atoms with van der Waals surface area (Å²) < 4.78 is 34.6. The van der Waals surface area contributed by atoms with Crippen LogP contribution in [0.15, 0.2) is 24.3 Å². The first-order valence-corrected chi connectivity index (χ1v) is 6.25. The molecule has 1 saturated heterocycles. The lowest BCUT2D eigenvalue weighted by Crippen LogP contribution is -2.45. The second-order valence-electron chi connectivity index (χ2n) is 4.45. The molecule has 0 radical (unpaired) electrons. The second kappa shape index (κ2) is 8.36. The standard InChI is InChI=1S/C13H18F2N2O2.ClH/c14-13(15)19-12-4-2-1-3-10(12)8-17-5-6-18-11(7-16)9-17;/h1-4,11,13H,5-9,16H2;1H. The molecule has 20 heavy (non-hydrogen) atoms. The lowest BCUT2D eigenvalue weighted by molar-refractivity contribution is -0.0521. The van der Waals surface area contributed by atoms with E-state index in [9.17, 15) is 8.78 Å². The first kappa shape index (κ1) is 17.1. The molecule has 0 aromatic heterocycles. The van der Waals surface area contributed by atoms with Gasteiger partial charge < -0.3 is 15.2 Å². The molecule has 0 bridgehead atoms. The Morgan fingerprint density at radius 1 is 1.40 bits per heavy atom. The molecule has 1 aromatic carbocycles.